The van der Waals surface area contributed by atoms with Crippen LogP contribution in [0.2, 0.25) is 0 Å². The van der Waals surface area contributed by atoms with E-state index >= 15 is 0 Å². The number of Topliss-reactive ketones (excluding diaryl/α,β-unsaturated/α-hetero) is 1. The Hall–Kier alpha value is -1.51. The van der Waals surface area contributed by atoms with Gasteiger partial charge in [-0.2, -0.15) is 0 Å². The van der Waals surface area contributed by atoms with Gasteiger partial charge < -0.3 is 10.8 Å². The van der Waals surface area contributed by atoms with E-state index in [9.17, 15) is 4.79 Å². The zero-order valence-electron chi connectivity index (χ0n) is 7.94. The molecular formula is C11H14N2O. The fourth-order valence-corrected chi connectivity index (χ4v) is 1.51. The molecule has 0 fully saturated rings. The van der Waals surface area contributed by atoms with Crippen LogP contribution >= 0.6 is 0 Å². The van der Waals surface area contributed by atoms with Gasteiger partial charge in [0.15, 0.2) is 5.78 Å². The van der Waals surface area contributed by atoms with Crippen molar-refractivity contribution in [3.05, 3.63) is 24.3 Å². The lowest BCUT2D eigenvalue weighted by Gasteiger charge is -2.15. The van der Waals surface area contributed by atoms with Crippen molar-refractivity contribution in [3.8, 4) is 0 Å². The molecule has 14 heavy (non-hydrogen) atoms. The van der Waals surface area contributed by atoms with Gasteiger partial charge in [0.2, 0.25) is 0 Å². The van der Waals surface area contributed by atoms with Crippen molar-refractivity contribution in [2.45, 2.75) is 12.8 Å². The highest BCUT2D eigenvalue weighted by Crippen LogP contribution is 2.20. The van der Waals surface area contributed by atoms with E-state index in [-0.39, 0.29) is 5.78 Å². The van der Waals surface area contributed by atoms with Crippen LogP contribution in [0.5, 0.6) is 0 Å². The molecule has 0 bridgehead atoms. The summed E-state index contributed by atoms with van der Waals surface area (Å²) in [5, 5.41) is 14.0. The monoisotopic (exact) mass is 190 g/mol. The second kappa shape index (κ2) is 5.27. The first-order valence-electron chi connectivity index (χ1n) is 4.66. The summed E-state index contributed by atoms with van der Waals surface area (Å²) in [7, 11) is 0. The van der Waals surface area contributed by atoms with E-state index in [0.717, 1.165) is 18.9 Å². The lowest BCUT2D eigenvalue weighted by atomic mass is 9.88. The number of allylic oxidation sites excluding steroid dienone is 4. The smallest absolute Gasteiger partial charge is 0.181 e. The third kappa shape index (κ3) is 2.76. The van der Waals surface area contributed by atoms with E-state index in [1.54, 1.807) is 0 Å². The summed E-state index contributed by atoms with van der Waals surface area (Å²) in [5.41, 5.74) is 0. The van der Waals surface area contributed by atoms with Crippen LogP contribution in [0.25, 0.3) is 0 Å². The van der Waals surface area contributed by atoms with Crippen LogP contribution in [0.15, 0.2) is 24.3 Å². The molecule has 0 aromatic heterocycles. The first-order valence-corrected chi connectivity index (χ1v) is 4.66. The largest absolute Gasteiger partial charge is 0.312 e. The minimum atomic E-state index is -0.423. The maximum Gasteiger partial charge on any atom is 0.181 e. The number of carbonyl (C=O) groups is 1. The number of carbonyl (C=O) groups excluding carboxylic acids is 1. The number of nitrogens with one attached hydrogen (secondary N) is 2. The summed E-state index contributed by atoms with van der Waals surface area (Å²) in [4.78, 5) is 11.2. The Bertz CT molecular complexity index is 292. The predicted octanol–water partition coefficient (Wildman–Crippen LogP) is 1.99. The van der Waals surface area contributed by atoms with Gasteiger partial charge in [0.1, 0.15) is 0 Å². The van der Waals surface area contributed by atoms with Crippen LogP contribution in [0, 0.1) is 22.7 Å². The summed E-state index contributed by atoms with van der Waals surface area (Å²) < 4.78 is 0. The molecule has 74 valence electrons. The third-order valence-corrected chi connectivity index (χ3v) is 2.33. The second-order valence-corrected chi connectivity index (χ2v) is 3.36. The molecule has 0 aliphatic heterocycles. The van der Waals surface area contributed by atoms with Gasteiger partial charge in [-0.25, -0.2) is 0 Å². The number of hydrogen-bond donors (Lipinski definition) is 2. The zero-order chi connectivity index (χ0) is 10.4. The summed E-state index contributed by atoms with van der Waals surface area (Å²) in [5.74, 6) is -0.368. The Morgan fingerprint density at radius 3 is 2.79 bits per heavy atom. The molecule has 0 saturated heterocycles. The molecule has 1 aliphatic rings. The average Bonchev–Trinajstić information content (AvgIpc) is 2.26. The predicted molar refractivity (Wildman–Crippen MR) is 57.1 cm³/mol. The highest BCUT2D eigenvalue weighted by atomic mass is 16.1. The van der Waals surface area contributed by atoms with Gasteiger partial charge >= 0.3 is 0 Å². The Balaban J connectivity index is 2.52. The first-order chi connectivity index (χ1) is 6.77. The summed E-state index contributed by atoms with van der Waals surface area (Å²) >= 11 is 0. The molecule has 1 rings (SSSR count). The maximum absolute atomic E-state index is 11.2. The lowest BCUT2D eigenvalue weighted by Crippen LogP contribution is -2.19. The van der Waals surface area contributed by atoms with Crippen molar-refractivity contribution in [1.29, 1.82) is 10.8 Å². The molecule has 3 nitrogen and oxygen atoms in total. The van der Waals surface area contributed by atoms with E-state index in [0.29, 0.717) is 12.3 Å². The van der Waals surface area contributed by atoms with E-state index in [1.165, 1.54) is 0 Å². The van der Waals surface area contributed by atoms with Crippen LogP contribution in [0.3, 0.4) is 0 Å². The highest BCUT2D eigenvalue weighted by molar-refractivity contribution is 6.30. The normalized spacial score (nSPS) is 21.6. The average molecular weight is 190 g/mol. The molecule has 0 aromatic rings. The summed E-state index contributed by atoms with van der Waals surface area (Å²) in [6.07, 6.45) is 11.6. The van der Waals surface area contributed by atoms with Gasteiger partial charge in [-0.05, 0) is 18.8 Å². The van der Waals surface area contributed by atoms with Gasteiger partial charge in [0.05, 0.1) is 12.1 Å². The van der Waals surface area contributed by atoms with Crippen molar-refractivity contribution in [3.63, 3.8) is 0 Å². The molecule has 2 atom stereocenters. The SMILES string of the molecule is N=CC(=O)C(C=N)CC1C=CC=CC1. The van der Waals surface area contributed by atoms with Crippen LogP contribution in [0.1, 0.15) is 12.8 Å². The molecule has 0 aromatic carbocycles. The van der Waals surface area contributed by atoms with Gasteiger partial charge in [-0.1, -0.05) is 24.3 Å². The number of rotatable bonds is 5. The number of ketones is 1. The quantitative estimate of drug-likeness (QED) is 0.640. The van der Waals surface area contributed by atoms with Crippen LogP contribution in [-0.4, -0.2) is 18.2 Å². The zero-order valence-corrected chi connectivity index (χ0v) is 7.94. The van der Waals surface area contributed by atoms with Crippen molar-refractivity contribution >= 4 is 18.2 Å². The van der Waals surface area contributed by atoms with Crippen molar-refractivity contribution in [2.75, 3.05) is 0 Å². The van der Waals surface area contributed by atoms with Gasteiger partial charge in [0.25, 0.3) is 0 Å². The fourth-order valence-electron chi connectivity index (χ4n) is 1.51. The van der Waals surface area contributed by atoms with E-state index in [2.05, 4.69) is 6.08 Å². The lowest BCUT2D eigenvalue weighted by molar-refractivity contribution is -0.114. The molecule has 0 amide bonds. The molecule has 1 aliphatic carbocycles. The van der Waals surface area contributed by atoms with Gasteiger partial charge in [-0.3, -0.25) is 4.79 Å². The van der Waals surface area contributed by atoms with E-state index < -0.39 is 5.92 Å². The Morgan fingerprint density at radius 1 is 1.50 bits per heavy atom. The van der Waals surface area contributed by atoms with Crippen LogP contribution < -0.4 is 0 Å². The number of hydrogen-bond acceptors (Lipinski definition) is 3. The fraction of sp³-hybridized carbons (Fsp3) is 0.364. The second-order valence-electron chi connectivity index (χ2n) is 3.36. The Kier molecular flexibility index (Phi) is 3.98. The molecule has 2 N–H and O–H groups in total. The molecule has 2 unspecified atom stereocenters. The summed E-state index contributed by atoms with van der Waals surface area (Å²) in [6, 6.07) is 0. The molecule has 3 heteroatoms. The van der Waals surface area contributed by atoms with Gasteiger partial charge in [0, 0.05) is 6.21 Å². The third-order valence-electron chi connectivity index (χ3n) is 2.33. The first kappa shape index (κ1) is 10.6. The van der Waals surface area contributed by atoms with Crippen molar-refractivity contribution in [1.82, 2.24) is 0 Å². The highest BCUT2D eigenvalue weighted by Gasteiger charge is 2.17. The standard InChI is InChI=1S/C11H14N2O/c12-7-10(11(14)8-13)6-9-4-2-1-3-5-9/h1-4,7-10,12-13H,5-6H2. The van der Waals surface area contributed by atoms with E-state index in [1.807, 2.05) is 18.2 Å². The molecule has 0 spiro atoms. The maximum atomic E-state index is 11.2. The topological polar surface area (TPSA) is 64.8 Å². The Labute approximate surface area is 83.5 Å². The van der Waals surface area contributed by atoms with Gasteiger partial charge in [-0.15, -0.1) is 0 Å². The minimum Gasteiger partial charge on any atom is -0.312 e. The van der Waals surface area contributed by atoms with Crippen LogP contribution in [0.4, 0.5) is 0 Å². The molecular weight excluding hydrogens is 176 g/mol. The molecule has 0 radical (unpaired) electrons. The van der Waals surface area contributed by atoms with Crippen LogP contribution in [-0.2, 0) is 4.79 Å². The minimum absolute atomic E-state index is 0.275. The van der Waals surface area contributed by atoms with E-state index in [4.69, 9.17) is 10.8 Å². The Morgan fingerprint density at radius 2 is 2.29 bits per heavy atom. The molecule has 0 saturated carbocycles. The van der Waals surface area contributed by atoms with Crippen molar-refractivity contribution in [2.24, 2.45) is 11.8 Å². The molecule has 0 heterocycles. The van der Waals surface area contributed by atoms with Crippen molar-refractivity contribution < 1.29 is 4.79 Å². The summed E-state index contributed by atoms with van der Waals surface area (Å²) in [6.45, 7) is 0.